The number of hydrogen-bond acceptors (Lipinski definition) is 3. The van der Waals surface area contributed by atoms with E-state index in [4.69, 9.17) is 9.84 Å². The van der Waals surface area contributed by atoms with Crippen molar-refractivity contribution in [3.8, 4) is 0 Å². The lowest BCUT2D eigenvalue weighted by Gasteiger charge is -2.08. The number of amides is 1. The van der Waals surface area contributed by atoms with Crippen molar-refractivity contribution in [2.75, 3.05) is 19.8 Å². The zero-order valence-corrected chi connectivity index (χ0v) is 10.8. The van der Waals surface area contributed by atoms with Crippen LogP contribution >= 0.6 is 0 Å². The molecule has 0 atom stereocenters. The van der Waals surface area contributed by atoms with Crippen molar-refractivity contribution in [2.45, 2.75) is 13.8 Å². The van der Waals surface area contributed by atoms with Crippen LogP contribution in [0.1, 0.15) is 21.5 Å². The van der Waals surface area contributed by atoms with Crippen LogP contribution in [0, 0.1) is 19.7 Å². The lowest BCUT2D eigenvalue weighted by molar-refractivity contribution is -0.142. The van der Waals surface area contributed by atoms with E-state index in [0.717, 1.165) is 0 Å². The van der Waals surface area contributed by atoms with E-state index in [2.05, 4.69) is 5.32 Å². The molecule has 1 aromatic carbocycles. The van der Waals surface area contributed by atoms with E-state index in [1.165, 1.54) is 12.1 Å². The summed E-state index contributed by atoms with van der Waals surface area (Å²) >= 11 is 0. The van der Waals surface area contributed by atoms with Crippen molar-refractivity contribution >= 4 is 11.9 Å². The minimum absolute atomic E-state index is 0.108. The van der Waals surface area contributed by atoms with Crippen LogP contribution in [0.4, 0.5) is 4.39 Å². The van der Waals surface area contributed by atoms with Crippen molar-refractivity contribution in [3.63, 3.8) is 0 Å². The Kier molecular flexibility index (Phi) is 5.44. The van der Waals surface area contributed by atoms with Gasteiger partial charge < -0.3 is 15.2 Å². The first kappa shape index (κ1) is 15.1. The van der Waals surface area contributed by atoms with E-state index in [-0.39, 0.29) is 24.9 Å². The fraction of sp³-hybridized carbons (Fsp3) is 0.385. The predicted octanol–water partition coefficient (Wildman–Crippen LogP) is 1.27. The Balaban J connectivity index is 2.48. The van der Waals surface area contributed by atoms with E-state index in [1.54, 1.807) is 13.8 Å². The fourth-order valence-electron chi connectivity index (χ4n) is 1.58. The molecule has 1 aromatic rings. The second-order valence-corrected chi connectivity index (χ2v) is 4.13. The van der Waals surface area contributed by atoms with Gasteiger partial charge in [0.1, 0.15) is 12.4 Å². The van der Waals surface area contributed by atoms with Crippen LogP contribution in [0.3, 0.4) is 0 Å². The maximum absolute atomic E-state index is 13.4. The summed E-state index contributed by atoms with van der Waals surface area (Å²) in [6, 6.07) is 2.94. The largest absolute Gasteiger partial charge is 0.480 e. The van der Waals surface area contributed by atoms with Gasteiger partial charge in [-0.15, -0.1) is 0 Å². The van der Waals surface area contributed by atoms with Crippen molar-refractivity contribution in [1.82, 2.24) is 5.32 Å². The quantitative estimate of drug-likeness (QED) is 0.763. The average molecular weight is 269 g/mol. The number of aliphatic carboxylic acids is 1. The van der Waals surface area contributed by atoms with E-state index in [9.17, 15) is 14.0 Å². The molecule has 1 rings (SSSR count). The summed E-state index contributed by atoms with van der Waals surface area (Å²) < 4.78 is 18.2. The second kappa shape index (κ2) is 6.84. The van der Waals surface area contributed by atoms with E-state index >= 15 is 0 Å². The van der Waals surface area contributed by atoms with Crippen molar-refractivity contribution in [3.05, 3.63) is 34.6 Å². The number of carboxylic acids is 1. The van der Waals surface area contributed by atoms with Gasteiger partial charge in [0.25, 0.3) is 5.91 Å². The molecule has 0 saturated heterocycles. The van der Waals surface area contributed by atoms with E-state index in [1.807, 2.05) is 0 Å². The molecule has 0 unspecified atom stereocenters. The normalized spacial score (nSPS) is 10.3. The Morgan fingerprint density at radius 2 is 1.89 bits per heavy atom. The Morgan fingerprint density at radius 1 is 1.32 bits per heavy atom. The molecule has 0 aliphatic carbocycles. The van der Waals surface area contributed by atoms with Crippen LogP contribution in [0.15, 0.2) is 12.1 Å². The van der Waals surface area contributed by atoms with Crippen LogP contribution in [0.25, 0.3) is 0 Å². The zero-order chi connectivity index (χ0) is 14.4. The number of ether oxygens (including phenoxy) is 1. The number of benzene rings is 1. The first-order chi connectivity index (χ1) is 8.91. The molecule has 0 heterocycles. The number of aryl methyl sites for hydroxylation is 2. The first-order valence-corrected chi connectivity index (χ1v) is 5.76. The summed E-state index contributed by atoms with van der Waals surface area (Å²) in [6.45, 7) is 3.09. The number of rotatable bonds is 6. The molecule has 0 bridgehead atoms. The highest BCUT2D eigenvalue weighted by Crippen LogP contribution is 2.14. The Hall–Kier alpha value is -1.95. The molecule has 0 radical (unpaired) electrons. The lowest BCUT2D eigenvalue weighted by Crippen LogP contribution is -2.28. The maximum Gasteiger partial charge on any atom is 0.329 e. The van der Waals surface area contributed by atoms with Gasteiger partial charge in [0.05, 0.1) is 6.61 Å². The molecule has 5 nitrogen and oxygen atoms in total. The predicted molar refractivity (Wildman–Crippen MR) is 66.7 cm³/mol. The highest BCUT2D eigenvalue weighted by atomic mass is 19.1. The second-order valence-electron chi connectivity index (χ2n) is 4.13. The average Bonchev–Trinajstić information content (AvgIpc) is 2.34. The van der Waals surface area contributed by atoms with Crippen molar-refractivity contribution < 1.29 is 23.8 Å². The molecule has 1 amide bonds. The molecule has 0 aromatic heterocycles. The number of carboxylic acid groups (broad SMARTS) is 1. The molecular weight excluding hydrogens is 253 g/mol. The third kappa shape index (κ3) is 4.67. The van der Waals surface area contributed by atoms with Crippen LogP contribution in [0.2, 0.25) is 0 Å². The monoisotopic (exact) mass is 269 g/mol. The topological polar surface area (TPSA) is 75.6 Å². The summed E-state index contributed by atoms with van der Waals surface area (Å²) in [5, 5.41) is 10.9. The summed E-state index contributed by atoms with van der Waals surface area (Å²) in [6.07, 6.45) is 0. The van der Waals surface area contributed by atoms with E-state index in [0.29, 0.717) is 16.7 Å². The van der Waals surface area contributed by atoms with Crippen LogP contribution in [-0.4, -0.2) is 36.7 Å². The smallest absolute Gasteiger partial charge is 0.329 e. The summed E-state index contributed by atoms with van der Waals surface area (Å²) in [5.41, 5.74) is 1.19. The fourth-order valence-corrected chi connectivity index (χ4v) is 1.58. The van der Waals surface area contributed by atoms with Gasteiger partial charge in [0, 0.05) is 12.1 Å². The summed E-state index contributed by atoms with van der Waals surface area (Å²) in [7, 11) is 0. The Labute approximate surface area is 110 Å². The van der Waals surface area contributed by atoms with Gasteiger partial charge in [-0.2, -0.15) is 0 Å². The Bertz CT molecular complexity index is 465. The zero-order valence-electron chi connectivity index (χ0n) is 10.8. The minimum atomic E-state index is -1.06. The first-order valence-electron chi connectivity index (χ1n) is 5.76. The van der Waals surface area contributed by atoms with Gasteiger partial charge >= 0.3 is 5.97 Å². The van der Waals surface area contributed by atoms with Crippen LogP contribution in [0.5, 0.6) is 0 Å². The number of nitrogens with one attached hydrogen (secondary N) is 1. The molecular formula is C13H16FNO4. The molecule has 19 heavy (non-hydrogen) atoms. The van der Waals surface area contributed by atoms with Gasteiger partial charge in [0.15, 0.2) is 0 Å². The lowest BCUT2D eigenvalue weighted by atomic mass is 10.1. The van der Waals surface area contributed by atoms with Crippen LogP contribution in [-0.2, 0) is 9.53 Å². The summed E-state index contributed by atoms with van der Waals surface area (Å²) in [5.74, 6) is -1.72. The standard InChI is InChI=1S/C13H16FNO4/c1-8-5-10(6-9(2)12(8)14)13(18)15-3-4-19-7-11(16)17/h5-6H,3-4,7H2,1-2H3,(H,15,18)(H,16,17). The van der Waals surface area contributed by atoms with Gasteiger partial charge in [-0.05, 0) is 37.1 Å². The number of carbonyl (C=O) groups excluding carboxylic acids is 1. The van der Waals surface area contributed by atoms with Crippen molar-refractivity contribution in [2.24, 2.45) is 0 Å². The van der Waals surface area contributed by atoms with Gasteiger partial charge in [-0.3, -0.25) is 4.79 Å². The molecule has 2 N–H and O–H groups in total. The maximum atomic E-state index is 13.4. The molecule has 104 valence electrons. The highest BCUT2D eigenvalue weighted by molar-refractivity contribution is 5.94. The highest BCUT2D eigenvalue weighted by Gasteiger charge is 2.10. The summed E-state index contributed by atoms with van der Waals surface area (Å²) in [4.78, 5) is 21.9. The third-order valence-corrected chi connectivity index (χ3v) is 2.46. The Morgan fingerprint density at radius 3 is 2.42 bits per heavy atom. The van der Waals surface area contributed by atoms with Gasteiger partial charge in [0.2, 0.25) is 0 Å². The number of hydrogen-bond donors (Lipinski definition) is 2. The molecule has 0 spiro atoms. The van der Waals surface area contributed by atoms with Crippen LogP contribution < -0.4 is 5.32 Å². The van der Waals surface area contributed by atoms with E-state index < -0.39 is 12.6 Å². The minimum Gasteiger partial charge on any atom is -0.480 e. The third-order valence-electron chi connectivity index (χ3n) is 2.46. The number of halogens is 1. The molecule has 6 heteroatoms. The molecule has 0 fully saturated rings. The van der Waals surface area contributed by atoms with Gasteiger partial charge in [-0.25, -0.2) is 9.18 Å². The number of carbonyl (C=O) groups is 2. The SMILES string of the molecule is Cc1cc(C(=O)NCCOCC(=O)O)cc(C)c1F. The van der Waals surface area contributed by atoms with Gasteiger partial charge in [-0.1, -0.05) is 0 Å². The molecule has 0 saturated carbocycles. The molecule has 0 aliphatic rings. The molecule has 0 aliphatic heterocycles. The van der Waals surface area contributed by atoms with Crippen molar-refractivity contribution in [1.29, 1.82) is 0 Å².